The minimum absolute atomic E-state index is 0.324. The highest BCUT2D eigenvalue weighted by Crippen LogP contribution is 2.20. The maximum Gasteiger partial charge on any atom is 0.128 e. The number of halogens is 2. The smallest absolute Gasteiger partial charge is 0.128 e. The molecule has 0 saturated heterocycles. The molecule has 0 saturated carbocycles. The van der Waals surface area contributed by atoms with Crippen molar-refractivity contribution in [2.45, 2.75) is 6.61 Å². The molecule has 2 aromatic rings. The fourth-order valence-electron chi connectivity index (χ4n) is 1.59. The van der Waals surface area contributed by atoms with Crippen LogP contribution in [0.5, 0.6) is 5.75 Å². The monoisotopic (exact) mass is 324 g/mol. The lowest BCUT2D eigenvalue weighted by Crippen LogP contribution is -2.06. The van der Waals surface area contributed by atoms with Crippen LogP contribution in [0.25, 0.3) is 0 Å². The van der Waals surface area contributed by atoms with Crippen LogP contribution in [-0.4, -0.2) is 13.2 Å². The summed E-state index contributed by atoms with van der Waals surface area (Å²) in [5.74, 6) is 0.171. The quantitative estimate of drug-likeness (QED) is 0.742. The summed E-state index contributed by atoms with van der Waals surface area (Å²) in [5, 5.41) is 0. The van der Waals surface area contributed by atoms with Crippen molar-refractivity contribution < 1.29 is 13.9 Å². The van der Waals surface area contributed by atoms with E-state index in [-0.39, 0.29) is 5.82 Å². The van der Waals surface area contributed by atoms with Gasteiger partial charge in [-0.3, -0.25) is 0 Å². The Labute approximate surface area is 120 Å². The Morgan fingerprint density at radius 3 is 2.53 bits per heavy atom. The van der Waals surface area contributed by atoms with Gasteiger partial charge in [-0.05, 0) is 17.7 Å². The number of benzene rings is 2. The third-order valence-electron chi connectivity index (χ3n) is 2.44. The van der Waals surface area contributed by atoms with E-state index in [2.05, 4.69) is 15.9 Å². The van der Waals surface area contributed by atoms with Crippen molar-refractivity contribution in [1.82, 2.24) is 0 Å². The second-order valence-corrected chi connectivity index (χ2v) is 4.91. The third kappa shape index (κ3) is 5.01. The van der Waals surface area contributed by atoms with Crippen LogP contribution in [0.2, 0.25) is 0 Å². The number of hydrogen-bond acceptors (Lipinski definition) is 2. The van der Waals surface area contributed by atoms with Gasteiger partial charge < -0.3 is 9.47 Å². The normalized spacial score (nSPS) is 10.4. The van der Waals surface area contributed by atoms with Crippen molar-refractivity contribution in [1.29, 1.82) is 0 Å². The minimum Gasteiger partial charge on any atom is -0.491 e. The van der Waals surface area contributed by atoms with Crippen molar-refractivity contribution in [3.63, 3.8) is 0 Å². The highest BCUT2D eigenvalue weighted by atomic mass is 79.9. The van der Waals surface area contributed by atoms with Gasteiger partial charge in [0.25, 0.3) is 0 Å². The Morgan fingerprint density at radius 2 is 1.79 bits per heavy atom. The molecule has 0 radical (unpaired) electrons. The van der Waals surface area contributed by atoms with Crippen LogP contribution in [0, 0.1) is 5.82 Å². The summed E-state index contributed by atoms with van der Waals surface area (Å²) < 4.78 is 24.6. The molecule has 0 heterocycles. The molecule has 2 nitrogen and oxygen atoms in total. The summed E-state index contributed by atoms with van der Waals surface area (Å²) in [7, 11) is 0. The summed E-state index contributed by atoms with van der Waals surface area (Å²) in [5.41, 5.74) is 1.12. The van der Waals surface area contributed by atoms with Crippen LogP contribution in [-0.2, 0) is 11.3 Å². The number of hydrogen-bond donors (Lipinski definition) is 0. The fraction of sp³-hybridized carbons (Fsp3) is 0.200. The van der Waals surface area contributed by atoms with Crippen molar-refractivity contribution >= 4 is 15.9 Å². The summed E-state index contributed by atoms with van der Waals surface area (Å²) in [6.45, 7) is 1.41. The van der Waals surface area contributed by atoms with Crippen LogP contribution in [0.15, 0.2) is 53.0 Å². The maximum atomic E-state index is 13.1. The average molecular weight is 325 g/mol. The summed E-state index contributed by atoms with van der Waals surface area (Å²) in [4.78, 5) is 0. The topological polar surface area (TPSA) is 18.5 Å². The zero-order valence-corrected chi connectivity index (χ0v) is 11.9. The summed E-state index contributed by atoms with van der Waals surface area (Å²) in [6, 6.07) is 14.4. The van der Waals surface area contributed by atoms with Gasteiger partial charge in [0.2, 0.25) is 0 Å². The van der Waals surface area contributed by atoms with Crippen LogP contribution in [0.1, 0.15) is 5.56 Å². The zero-order chi connectivity index (χ0) is 13.5. The molecule has 0 amide bonds. The summed E-state index contributed by atoms with van der Waals surface area (Å²) in [6.07, 6.45) is 0. The molecule has 0 N–H and O–H groups in total. The number of ether oxygens (including phenoxy) is 2. The van der Waals surface area contributed by atoms with E-state index in [1.165, 1.54) is 12.1 Å². The Bertz CT molecular complexity index is 497. The number of rotatable bonds is 6. The van der Waals surface area contributed by atoms with E-state index in [9.17, 15) is 4.39 Å². The highest BCUT2D eigenvalue weighted by molar-refractivity contribution is 9.10. The van der Waals surface area contributed by atoms with E-state index in [4.69, 9.17) is 9.47 Å². The van der Waals surface area contributed by atoms with Crippen molar-refractivity contribution in [2.24, 2.45) is 0 Å². The lowest BCUT2D eigenvalue weighted by molar-refractivity contribution is 0.0888. The fourth-order valence-corrected chi connectivity index (χ4v) is 2.04. The average Bonchev–Trinajstić information content (AvgIpc) is 2.38. The first-order valence-corrected chi connectivity index (χ1v) is 6.74. The maximum absolute atomic E-state index is 13.1. The van der Waals surface area contributed by atoms with E-state index in [1.54, 1.807) is 6.07 Å². The van der Waals surface area contributed by atoms with Crippen LogP contribution >= 0.6 is 15.9 Å². The highest BCUT2D eigenvalue weighted by Gasteiger charge is 2.00. The second-order valence-electron chi connectivity index (χ2n) is 3.99. The van der Waals surface area contributed by atoms with Gasteiger partial charge in [0, 0.05) is 10.5 Å². The summed E-state index contributed by atoms with van der Waals surface area (Å²) >= 11 is 3.21. The van der Waals surface area contributed by atoms with E-state index in [0.717, 1.165) is 5.56 Å². The standard InChI is InChI=1S/C15H14BrFO2/c16-13-8-14(17)10-15(9-13)19-7-6-18-11-12-4-2-1-3-5-12/h1-5,8-10H,6-7,11H2. The van der Waals surface area contributed by atoms with Crippen molar-refractivity contribution in [2.75, 3.05) is 13.2 Å². The molecule has 0 aliphatic heterocycles. The molecular weight excluding hydrogens is 311 g/mol. The minimum atomic E-state index is -0.324. The lowest BCUT2D eigenvalue weighted by atomic mass is 10.2. The predicted molar refractivity (Wildman–Crippen MR) is 75.7 cm³/mol. The molecule has 0 aliphatic carbocycles. The van der Waals surface area contributed by atoms with Gasteiger partial charge in [0.05, 0.1) is 13.2 Å². The molecular formula is C15H14BrFO2. The predicted octanol–water partition coefficient (Wildman–Crippen LogP) is 4.18. The molecule has 2 rings (SSSR count). The van der Waals surface area contributed by atoms with Gasteiger partial charge in [-0.25, -0.2) is 4.39 Å². The first-order valence-electron chi connectivity index (χ1n) is 5.94. The van der Waals surface area contributed by atoms with Gasteiger partial charge in [-0.15, -0.1) is 0 Å². The molecule has 100 valence electrons. The van der Waals surface area contributed by atoms with Gasteiger partial charge in [-0.2, -0.15) is 0 Å². The van der Waals surface area contributed by atoms with E-state index < -0.39 is 0 Å². The van der Waals surface area contributed by atoms with Gasteiger partial charge >= 0.3 is 0 Å². The van der Waals surface area contributed by atoms with E-state index in [0.29, 0.717) is 30.0 Å². The van der Waals surface area contributed by atoms with E-state index in [1.807, 2.05) is 30.3 Å². The SMILES string of the molecule is Fc1cc(Br)cc(OCCOCc2ccccc2)c1. The zero-order valence-electron chi connectivity index (χ0n) is 10.3. The molecule has 0 aromatic heterocycles. The third-order valence-corrected chi connectivity index (χ3v) is 2.90. The molecule has 0 bridgehead atoms. The second kappa shape index (κ2) is 7.26. The molecule has 0 aliphatic rings. The van der Waals surface area contributed by atoms with Gasteiger partial charge in [-0.1, -0.05) is 46.3 Å². The molecule has 0 atom stereocenters. The van der Waals surface area contributed by atoms with Crippen LogP contribution in [0.3, 0.4) is 0 Å². The van der Waals surface area contributed by atoms with Crippen molar-refractivity contribution in [3.8, 4) is 5.75 Å². The molecule has 0 fully saturated rings. The first kappa shape index (κ1) is 14.0. The van der Waals surface area contributed by atoms with Gasteiger partial charge in [0.1, 0.15) is 18.2 Å². The molecule has 0 spiro atoms. The Hall–Kier alpha value is -1.39. The van der Waals surface area contributed by atoms with Crippen LogP contribution in [0.4, 0.5) is 4.39 Å². The van der Waals surface area contributed by atoms with Gasteiger partial charge in [0.15, 0.2) is 0 Å². The Balaban J connectivity index is 1.69. The molecule has 0 unspecified atom stereocenters. The largest absolute Gasteiger partial charge is 0.491 e. The lowest BCUT2D eigenvalue weighted by Gasteiger charge is -2.08. The molecule has 4 heteroatoms. The molecule has 2 aromatic carbocycles. The Kier molecular flexibility index (Phi) is 5.36. The van der Waals surface area contributed by atoms with Crippen molar-refractivity contribution in [3.05, 3.63) is 64.4 Å². The first-order chi connectivity index (χ1) is 9.24. The van der Waals surface area contributed by atoms with Crippen LogP contribution < -0.4 is 4.74 Å². The van der Waals surface area contributed by atoms with E-state index >= 15 is 0 Å². The molecule has 19 heavy (non-hydrogen) atoms. The Morgan fingerprint density at radius 1 is 1.00 bits per heavy atom.